The number of ether oxygens (including phenoxy) is 1. The van der Waals surface area contributed by atoms with Crippen molar-refractivity contribution in [3.63, 3.8) is 0 Å². The Morgan fingerprint density at radius 3 is 2.78 bits per heavy atom. The van der Waals surface area contributed by atoms with Gasteiger partial charge in [0, 0.05) is 6.20 Å². The highest BCUT2D eigenvalue weighted by atomic mass is 127. The van der Waals surface area contributed by atoms with E-state index in [-0.39, 0.29) is 5.28 Å². The molecule has 0 aliphatic carbocycles. The van der Waals surface area contributed by atoms with Crippen molar-refractivity contribution in [2.75, 3.05) is 0 Å². The molecule has 2 heterocycles. The number of hydrogen-bond acceptors (Lipinski definition) is 4. The van der Waals surface area contributed by atoms with Crippen molar-refractivity contribution in [3.8, 4) is 0 Å². The van der Waals surface area contributed by atoms with Crippen LogP contribution in [0.2, 0.25) is 5.28 Å². The molecular formula is C11H11ClIN3O2. The lowest BCUT2D eigenvalue weighted by Gasteiger charge is -2.19. The Balaban J connectivity index is 2.49. The normalized spacial score (nSPS) is 11.8. The highest BCUT2D eigenvalue weighted by molar-refractivity contribution is 14.1. The van der Waals surface area contributed by atoms with E-state index in [4.69, 9.17) is 16.3 Å². The Morgan fingerprint density at radius 1 is 1.50 bits per heavy atom. The van der Waals surface area contributed by atoms with E-state index in [1.165, 1.54) is 10.8 Å². The fourth-order valence-electron chi connectivity index (χ4n) is 1.41. The van der Waals surface area contributed by atoms with Gasteiger partial charge < -0.3 is 4.74 Å². The van der Waals surface area contributed by atoms with Gasteiger partial charge in [-0.1, -0.05) is 0 Å². The van der Waals surface area contributed by atoms with Crippen LogP contribution in [0.25, 0.3) is 11.0 Å². The van der Waals surface area contributed by atoms with Gasteiger partial charge in [-0.3, -0.25) is 0 Å². The Hall–Kier alpha value is -0.890. The fraction of sp³-hybridized carbons (Fsp3) is 0.364. The molecule has 0 saturated heterocycles. The van der Waals surface area contributed by atoms with E-state index in [0.29, 0.717) is 11.0 Å². The third-order valence-corrected chi connectivity index (χ3v) is 3.03. The molecular weight excluding hydrogens is 368 g/mol. The van der Waals surface area contributed by atoms with Gasteiger partial charge >= 0.3 is 6.09 Å². The number of carbonyl (C=O) groups is 1. The first-order valence-electron chi connectivity index (χ1n) is 5.20. The predicted octanol–water partition coefficient (Wildman–Crippen LogP) is 3.47. The summed E-state index contributed by atoms with van der Waals surface area (Å²) in [6.07, 6.45) is 2.71. The smallest absolute Gasteiger partial charge is 0.419 e. The summed E-state index contributed by atoms with van der Waals surface area (Å²) in [5, 5.41) is 0.155. The molecule has 5 nitrogen and oxygen atoms in total. The highest BCUT2D eigenvalue weighted by Crippen LogP contribution is 2.22. The van der Waals surface area contributed by atoms with Gasteiger partial charge in [-0.15, -0.1) is 0 Å². The first-order valence-corrected chi connectivity index (χ1v) is 6.66. The summed E-state index contributed by atoms with van der Waals surface area (Å²) in [5.74, 6) is 0. The standard InChI is InChI=1S/C11H11ClIN3O2/c1-11(2,3)18-10(17)16-5-6(13)8-7(16)4-14-9(12)15-8/h4-5H,1-3H3. The summed E-state index contributed by atoms with van der Waals surface area (Å²) in [6, 6.07) is 0. The van der Waals surface area contributed by atoms with E-state index < -0.39 is 11.7 Å². The highest BCUT2D eigenvalue weighted by Gasteiger charge is 2.21. The van der Waals surface area contributed by atoms with Crippen molar-refractivity contribution in [1.29, 1.82) is 0 Å². The Bertz CT molecular complexity index is 619. The zero-order valence-corrected chi connectivity index (χ0v) is 13.0. The van der Waals surface area contributed by atoms with E-state index in [1.54, 1.807) is 6.20 Å². The molecule has 0 N–H and O–H groups in total. The molecule has 0 unspecified atom stereocenters. The summed E-state index contributed by atoms with van der Waals surface area (Å²) in [6.45, 7) is 5.44. The van der Waals surface area contributed by atoms with Crippen LogP contribution in [0.1, 0.15) is 20.8 Å². The van der Waals surface area contributed by atoms with Gasteiger partial charge in [-0.25, -0.2) is 19.3 Å². The lowest BCUT2D eigenvalue weighted by molar-refractivity contribution is 0.0544. The van der Waals surface area contributed by atoms with Gasteiger partial charge in [0.2, 0.25) is 5.28 Å². The van der Waals surface area contributed by atoms with Crippen molar-refractivity contribution in [3.05, 3.63) is 21.2 Å². The summed E-state index contributed by atoms with van der Waals surface area (Å²) in [7, 11) is 0. The molecule has 0 radical (unpaired) electrons. The molecule has 0 aliphatic heterocycles. The molecule has 0 amide bonds. The van der Waals surface area contributed by atoms with Crippen molar-refractivity contribution in [2.24, 2.45) is 0 Å². The van der Waals surface area contributed by atoms with Crippen molar-refractivity contribution in [2.45, 2.75) is 26.4 Å². The van der Waals surface area contributed by atoms with Crippen LogP contribution in [0.3, 0.4) is 0 Å². The first kappa shape index (κ1) is 13.5. The quantitative estimate of drug-likeness (QED) is 0.519. The van der Waals surface area contributed by atoms with E-state index in [2.05, 4.69) is 32.6 Å². The number of rotatable bonds is 0. The minimum atomic E-state index is -0.549. The number of aromatic nitrogens is 3. The maximum absolute atomic E-state index is 12.0. The molecule has 0 aliphatic rings. The van der Waals surface area contributed by atoms with Crippen molar-refractivity contribution in [1.82, 2.24) is 14.5 Å². The van der Waals surface area contributed by atoms with Crippen LogP contribution in [0.5, 0.6) is 0 Å². The second-order valence-electron chi connectivity index (χ2n) is 4.70. The van der Waals surface area contributed by atoms with E-state index >= 15 is 0 Å². The molecule has 18 heavy (non-hydrogen) atoms. The minimum Gasteiger partial charge on any atom is -0.443 e. The number of fused-ring (bicyclic) bond motifs is 1. The lowest BCUT2D eigenvalue weighted by atomic mass is 10.2. The van der Waals surface area contributed by atoms with Gasteiger partial charge in [-0.05, 0) is 55.0 Å². The van der Waals surface area contributed by atoms with Crippen molar-refractivity contribution < 1.29 is 9.53 Å². The average molecular weight is 380 g/mol. The molecule has 0 bridgehead atoms. The SMILES string of the molecule is CC(C)(C)OC(=O)n1cc(I)c2nc(Cl)ncc21. The maximum atomic E-state index is 12.0. The van der Waals surface area contributed by atoms with Gasteiger partial charge in [0.15, 0.2) is 0 Å². The molecule has 96 valence electrons. The van der Waals surface area contributed by atoms with E-state index in [1.807, 2.05) is 20.8 Å². The maximum Gasteiger partial charge on any atom is 0.419 e. The zero-order chi connectivity index (χ0) is 13.5. The summed E-state index contributed by atoms with van der Waals surface area (Å²) >= 11 is 7.82. The molecule has 0 fully saturated rings. The number of halogens is 2. The van der Waals surface area contributed by atoms with Gasteiger partial charge in [0.25, 0.3) is 0 Å². The molecule has 2 aromatic rings. The number of carbonyl (C=O) groups excluding carboxylic acids is 1. The monoisotopic (exact) mass is 379 g/mol. The average Bonchev–Trinajstić information content (AvgIpc) is 2.54. The predicted molar refractivity (Wildman–Crippen MR) is 76.9 cm³/mol. The molecule has 0 atom stereocenters. The molecule has 0 spiro atoms. The Morgan fingerprint density at radius 2 is 2.17 bits per heavy atom. The first-order chi connectivity index (χ1) is 8.28. The van der Waals surface area contributed by atoms with Crippen LogP contribution in [0.15, 0.2) is 12.4 Å². The van der Waals surface area contributed by atoms with Crippen LogP contribution in [0, 0.1) is 3.57 Å². The minimum absolute atomic E-state index is 0.155. The fourth-order valence-corrected chi connectivity index (χ4v) is 2.22. The third-order valence-electron chi connectivity index (χ3n) is 2.06. The summed E-state index contributed by atoms with van der Waals surface area (Å²) < 4.78 is 7.51. The molecule has 2 rings (SSSR count). The van der Waals surface area contributed by atoms with E-state index in [0.717, 1.165) is 3.57 Å². The Kier molecular flexibility index (Phi) is 3.50. The second kappa shape index (κ2) is 4.65. The third kappa shape index (κ3) is 2.74. The number of nitrogens with zero attached hydrogens (tertiary/aromatic N) is 3. The van der Waals surface area contributed by atoms with Crippen LogP contribution in [0.4, 0.5) is 4.79 Å². The topological polar surface area (TPSA) is 57.0 Å². The molecule has 7 heteroatoms. The molecule has 2 aromatic heterocycles. The largest absolute Gasteiger partial charge is 0.443 e. The van der Waals surface area contributed by atoms with Crippen LogP contribution >= 0.6 is 34.2 Å². The van der Waals surface area contributed by atoms with Gasteiger partial charge in [0.1, 0.15) is 11.1 Å². The second-order valence-corrected chi connectivity index (χ2v) is 6.20. The zero-order valence-electron chi connectivity index (χ0n) is 10.1. The molecule has 0 saturated carbocycles. The van der Waals surface area contributed by atoms with Gasteiger partial charge in [-0.2, -0.15) is 0 Å². The summed E-state index contributed by atoms with van der Waals surface area (Å²) in [5.41, 5.74) is 0.673. The van der Waals surface area contributed by atoms with Crippen molar-refractivity contribution >= 4 is 51.3 Å². The van der Waals surface area contributed by atoms with Crippen LogP contribution < -0.4 is 0 Å². The van der Waals surface area contributed by atoms with Gasteiger partial charge in [0.05, 0.1) is 15.3 Å². The molecule has 0 aromatic carbocycles. The van der Waals surface area contributed by atoms with Crippen LogP contribution in [-0.4, -0.2) is 26.2 Å². The Labute approximate surface area is 123 Å². The summed E-state index contributed by atoms with van der Waals surface area (Å²) in [4.78, 5) is 20.0. The number of hydrogen-bond donors (Lipinski definition) is 0. The van der Waals surface area contributed by atoms with E-state index in [9.17, 15) is 4.79 Å². The lowest BCUT2D eigenvalue weighted by Crippen LogP contribution is -2.26. The van der Waals surface area contributed by atoms with Crippen LogP contribution in [-0.2, 0) is 4.74 Å².